The highest BCUT2D eigenvalue weighted by Crippen LogP contribution is 2.26. The molecule has 4 aromatic rings. The van der Waals surface area contributed by atoms with Gasteiger partial charge in [0.05, 0.1) is 5.52 Å². The van der Waals surface area contributed by atoms with Crippen LogP contribution < -0.4 is 0 Å². The van der Waals surface area contributed by atoms with Gasteiger partial charge in [0.25, 0.3) is 0 Å². The first-order valence-corrected chi connectivity index (χ1v) is 7.89. The summed E-state index contributed by atoms with van der Waals surface area (Å²) in [5.41, 5.74) is 1.06. The van der Waals surface area contributed by atoms with Crippen LogP contribution in [0.3, 0.4) is 0 Å². The fourth-order valence-electron chi connectivity index (χ4n) is 2.91. The third-order valence-electron chi connectivity index (χ3n) is 4.08. The summed E-state index contributed by atoms with van der Waals surface area (Å²) in [6.45, 7) is 0. The van der Waals surface area contributed by atoms with Gasteiger partial charge in [0.1, 0.15) is 0 Å². The van der Waals surface area contributed by atoms with Crippen LogP contribution in [-0.4, -0.2) is 12.3 Å². The van der Waals surface area contributed by atoms with Crippen LogP contribution in [0.1, 0.15) is 0 Å². The van der Waals surface area contributed by atoms with Crippen molar-refractivity contribution in [2.24, 2.45) is 0 Å². The fourth-order valence-corrected chi connectivity index (χ4v) is 2.91. The molecule has 2 heteroatoms. The lowest BCUT2D eigenvalue weighted by Crippen LogP contribution is -1.80. The molecule has 1 aliphatic heterocycles. The van der Waals surface area contributed by atoms with Crippen molar-refractivity contribution in [1.29, 1.82) is 0 Å². The van der Waals surface area contributed by atoms with E-state index in [1.165, 1.54) is 26.9 Å². The second-order valence-corrected chi connectivity index (χ2v) is 5.69. The SMILES string of the molecule is B1C=CC=C1.c1ccc2cc3cc4ncccc4cc3cc2c1. The maximum absolute atomic E-state index is 4.41. The summed E-state index contributed by atoms with van der Waals surface area (Å²) >= 11 is 0. The van der Waals surface area contributed by atoms with Gasteiger partial charge in [0.2, 0.25) is 0 Å². The second kappa shape index (κ2) is 6.09. The van der Waals surface area contributed by atoms with Gasteiger partial charge in [-0.25, -0.2) is 0 Å². The standard InChI is InChI=1S/C17H11N.C4H5B/c1-2-5-13-9-16-11-17-14(6-3-7-18-17)10-15(16)8-12(13)4-1;1-2-4-5-3-1/h1-11H;1-5H. The number of benzene rings is 3. The van der Waals surface area contributed by atoms with Crippen molar-refractivity contribution >= 4 is 39.7 Å². The third kappa shape index (κ3) is 2.88. The number of allylic oxidation sites excluding steroid dienone is 2. The van der Waals surface area contributed by atoms with E-state index >= 15 is 0 Å². The van der Waals surface area contributed by atoms with Gasteiger partial charge in [-0.05, 0) is 51.9 Å². The average molecular weight is 293 g/mol. The summed E-state index contributed by atoms with van der Waals surface area (Å²) < 4.78 is 0. The molecule has 1 aromatic heterocycles. The predicted molar refractivity (Wildman–Crippen MR) is 102 cm³/mol. The van der Waals surface area contributed by atoms with Gasteiger partial charge >= 0.3 is 0 Å². The minimum Gasteiger partial charge on any atom is -0.256 e. The van der Waals surface area contributed by atoms with Gasteiger partial charge in [-0.15, -0.1) is 12.0 Å². The van der Waals surface area contributed by atoms with Crippen molar-refractivity contribution in [3.63, 3.8) is 0 Å². The molecule has 0 bridgehead atoms. The van der Waals surface area contributed by atoms with Crippen LogP contribution in [0.25, 0.3) is 32.4 Å². The molecule has 108 valence electrons. The molecule has 0 aliphatic carbocycles. The largest absolute Gasteiger partial charge is 0.256 e. The normalized spacial score (nSPS) is 12.3. The Labute approximate surface area is 136 Å². The van der Waals surface area contributed by atoms with E-state index in [1.54, 1.807) is 0 Å². The molecule has 1 aliphatic rings. The highest BCUT2D eigenvalue weighted by Gasteiger charge is 2.00. The third-order valence-corrected chi connectivity index (χ3v) is 4.08. The van der Waals surface area contributed by atoms with Crippen molar-refractivity contribution in [2.75, 3.05) is 0 Å². The fraction of sp³-hybridized carbons (Fsp3) is 0. The molecule has 5 rings (SSSR count). The summed E-state index contributed by atoms with van der Waals surface area (Å²) in [5, 5.41) is 6.28. The molecule has 0 spiro atoms. The Morgan fingerprint density at radius 2 is 1.22 bits per heavy atom. The van der Waals surface area contributed by atoms with E-state index in [0.717, 1.165) is 12.8 Å². The summed E-state index contributed by atoms with van der Waals surface area (Å²) in [4.78, 5) is 4.41. The van der Waals surface area contributed by atoms with Gasteiger partial charge in [0, 0.05) is 11.6 Å². The molecule has 0 atom stereocenters. The lowest BCUT2D eigenvalue weighted by atomic mass is 9.83. The van der Waals surface area contributed by atoms with Gasteiger partial charge in [0.15, 0.2) is 7.28 Å². The molecule has 23 heavy (non-hydrogen) atoms. The molecule has 3 aromatic carbocycles. The maximum Gasteiger partial charge on any atom is 0.173 e. The van der Waals surface area contributed by atoms with Crippen LogP contribution in [0.4, 0.5) is 0 Å². The quantitative estimate of drug-likeness (QED) is 0.328. The van der Waals surface area contributed by atoms with E-state index in [-0.39, 0.29) is 0 Å². The van der Waals surface area contributed by atoms with Gasteiger partial charge in [-0.3, -0.25) is 4.98 Å². The number of hydrogen-bond donors (Lipinski definition) is 0. The topological polar surface area (TPSA) is 12.9 Å². The highest BCUT2D eigenvalue weighted by molar-refractivity contribution is 6.49. The molecule has 2 heterocycles. The minimum absolute atomic E-state index is 1.06. The molecule has 0 saturated heterocycles. The molecule has 0 amide bonds. The second-order valence-electron chi connectivity index (χ2n) is 5.69. The zero-order chi connectivity index (χ0) is 15.5. The van der Waals surface area contributed by atoms with Crippen molar-refractivity contribution in [1.82, 2.24) is 4.98 Å². The summed E-state index contributed by atoms with van der Waals surface area (Å²) in [6.07, 6.45) is 5.95. The van der Waals surface area contributed by atoms with Crippen molar-refractivity contribution in [3.05, 3.63) is 91.0 Å². The zero-order valence-electron chi connectivity index (χ0n) is 12.8. The van der Waals surface area contributed by atoms with E-state index in [9.17, 15) is 0 Å². The van der Waals surface area contributed by atoms with E-state index in [4.69, 9.17) is 0 Å². The molecule has 1 nitrogen and oxygen atoms in total. The van der Waals surface area contributed by atoms with E-state index in [2.05, 4.69) is 83.7 Å². The summed E-state index contributed by atoms with van der Waals surface area (Å²) in [5.74, 6) is 4.25. The number of rotatable bonds is 0. The Morgan fingerprint density at radius 1 is 0.609 bits per heavy atom. The van der Waals surface area contributed by atoms with Crippen LogP contribution in [0.15, 0.2) is 91.0 Å². The summed E-state index contributed by atoms with van der Waals surface area (Å²) in [6, 6.07) is 21.4. The average Bonchev–Trinajstić information content (AvgIpc) is 3.18. The molecule has 0 N–H and O–H groups in total. The monoisotopic (exact) mass is 293 g/mol. The zero-order valence-corrected chi connectivity index (χ0v) is 12.8. The maximum atomic E-state index is 4.41. The summed E-state index contributed by atoms with van der Waals surface area (Å²) in [7, 11) is 1.14. The van der Waals surface area contributed by atoms with E-state index in [0.29, 0.717) is 0 Å². The Kier molecular flexibility index (Phi) is 3.65. The van der Waals surface area contributed by atoms with Gasteiger partial charge < -0.3 is 0 Å². The first kappa shape index (κ1) is 13.8. The van der Waals surface area contributed by atoms with Gasteiger partial charge in [-0.2, -0.15) is 0 Å². The number of aromatic nitrogens is 1. The first-order valence-electron chi connectivity index (χ1n) is 7.89. The predicted octanol–water partition coefficient (Wildman–Crippen LogP) is 5.01. The van der Waals surface area contributed by atoms with Crippen molar-refractivity contribution in [2.45, 2.75) is 0 Å². The molecular weight excluding hydrogens is 277 g/mol. The number of fused-ring (bicyclic) bond motifs is 3. The van der Waals surface area contributed by atoms with Crippen LogP contribution >= 0.6 is 0 Å². The Balaban J connectivity index is 0.000000233. The number of hydrogen-bond acceptors (Lipinski definition) is 1. The lowest BCUT2D eigenvalue weighted by molar-refractivity contribution is 1.42. The molecule has 0 unspecified atom stereocenters. The molecule has 0 saturated carbocycles. The Morgan fingerprint density at radius 3 is 1.87 bits per heavy atom. The van der Waals surface area contributed by atoms with Crippen LogP contribution in [0.5, 0.6) is 0 Å². The van der Waals surface area contributed by atoms with Crippen molar-refractivity contribution < 1.29 is 0 Å². The van der Waals surface area contributed by atoms with Gasteiger partial charge in [-0.1, -0.05) is 42.5 Å². The molecule has 0 fully saturated rings. The van der Waals surface area contributed by atoms with Crippen molar-refractivity contribution in [3.8, 4) is 0 Å². The first-order chi connectivity index (χ1) is 11.4. The highest BCUT2D eigenvalue weighted by atomic mass is 14.6. The smallest absolute Gasteiger partial charge is 0.173 e. The number of pyridine rings is 1. The van der Waals surface area contributed by atoms with E-state index < -0.39 is 0 Å². The van der Waals surface area contributed by atoms with Crippen LogP contribution in [-0.2, 0) is 0 Å². The van der Waals surface area contributed by atoms with E-state index in [1.807, 2.05) is 12.3 Å². The lowest BCUT2D eigenvalue weighted by Gasteiger charge is -2.04. The van der Waals surface area contributed by atoms with Crippen LogP contribution in [0.2, 0.25) is 0 Å². The van der Waals surface area contributed by atoms with Crippen LogP contribution in [0, 0.1) is 0 Å². The Hall–Kier alpha value is -2.87. The molecular formula is C21H16BN. The Bertz CT molecular complexity index is 893. The molecule has 0 radical (unpaired) electrons. The minimum atomic E-state index is 1.06. The number of nitrogens with zero attached hydrogens (tertiary/aromatic N) is 1.